The molecule has 2 aromatic rings. The van der Waals surface area contributed by atoms with Crippen molar-refractivity contribution in [2.75, 3.05) is 31.1 Å². The van der Waals surface area contributed by atoms with E-state index in [-0.39, 0.29) is 0 Å². The van der Waals surface area contributed by atoms with Gasteiger partial charge >= 0.3 is 12.1 Å². The van der Waals surface area contributed by atoms with Crippen LogP contribution >= 0.6 is 0 Å². The van der Waals surface area contributed by atoms with Gasteiger partial charge in [0.1, 0.15) is 0 Å². The minimum Gasteiger partial charge on any atom is -0.475 e. The highest BCUT2D eigenvalue weighted by Gasteiger charge is 2.38. The molecule has 0 radical (unpaired) electrons. The molecule has 12 heteroatoms. The minimum atomic E-state index is -5.08. The molecule has 4 rings (SSSR count). The van der Waals surface area contributed by atoms with Crippen LogP contribution in [0.25, 0.3) is 0 Å². The zero-order chi connectivity index (χ0) is 24.2. The van der Waals surface area contributed by atoms with E-state index in [2.05, 4.69) is 4.90 Å². The number of aryl methyl sites for hydroxylation is 1. The summed E-state index contributed by atoms with van der Waals surface area (Å²) in [5.41, 5.74) is 3.10. The summed E-state index contributed by atoms with van der Waals surface area (Å²) < 4.78 is 59.2. The number of hydrogen-bond donors (Lipinski definition) is 1. The van der Waals surface area contributed by atoms with Crippen molar-refractivity contribution < 1.29 is 31.5 Å². The van der Waals surface area contributed by atoms with Gasteiger partial charge in [0.05, 0.1) is 10.6 Å². The lowest BCUT2D eigenvalue weighted by Crippen LogP contribution is -2.33. The van der Waals surface area contributed by atoms with Crippen LogP contribution in [0.15, 0.2) is 35.2 Å². The van der Waals surface area contributed by atoms with Gasteiger partial charge in [-0.25, -0.2) is 23.2 Å². The largest absolute Gasteiger partial charge is 0.490 e. The number of aromatic nitrogens is 2. The number of benzene rings is 1. The Morgan fingerprint density at radius 3 is 2.15 bits per heavy atom. The van der Waals surface area contributed by atoms with Gasteiger partial charge in [-0.15, -0.1) is 0 Å². The van der Waals surface area contributed by atoms with Gasteiger partial charge in [0.15, 0.2) is 0 Å². The molecule has 1 aromatic heterocycles. The second-order valence-corrected chi connectivity index (χ2v) is 9.69. The summed E-state index contributed by atoms with van der Waals surface area (Å²) in [7, 11) is -3.47. The Balaban J connectivity index is 0.000000383. The number of nitrogens with zero attached hydrogens (tertiary/aromatic N) is 4. The molecule has 33 heavy (non-hydrogen) atoms. The lowest BCUT2D eigenvalue weighted by molar-refractivity contribution is -0.192. The van der Waals surface area contributed by atoms with E-state index in [4.69, 9.17) is 19.9 Å². The lowest BCUT2D eigenvalue weighted by Gasteiger charge is -2.19. The summed E-state index contributed by atoms with van der Waals surface area (Å²) >= 11 is 0. The summed E-state index contributed by atoms with van der Waals surface area (Å²) in [5.74, 6) is -1.95. The first-order valence-electron chi connectivity index (χ1n) is 10.5. The Labute approximate surface area is 190 Å². The molecule has 2 aliphatic heterocycles. The Bertz CT molecular complexity index is 1090. The number of rotatable bonds is 3. The predicted molar refractivity (Wildman–Crippen MR) is 115 cm³/mol. The third-order valence-corrected chi connectivity index (χ3v) is 7.42. The monoisotopic (exact) mass is 486 g/mol. The molecule has 0 amide bonds. The van der Waals surface area contributed by atoms with Gasteiger partial charge < -0.3 is 10.0 Å². The number of anilines is 1. The summed E-state index contributed by atoms with van der Waals surface area (Å²) in [6.07, 6.45) is -1.43. The Morgan fingerprint density at radius 2 is 1.58 bits per heavy atom. The van der Waals surface area contributed by atoms with Gasteiger partial charge in [-0.1, -0.05) is 18.2 Å². The zero-order valence-electron chi connectivity index (χ0n) is 18.0. The molecule has 1 N–H and O–H groups in total. The molecule has 1 saturated heterocycles. The molecule has 0 saturated carbocycles. The Hall–Kier alpha value is -2.73. The first kappa shape index (κ1) is 24.9. The van der Waals surface area contributed by atoms with Crippen molar-refractivity contribution in [3.63, 3.8) is 0 Å². The second kappa shape index (κ2) is 10.0. The summed E-state index contributed by atoms with van der Waals surface area (Å²) in [5, 5.41) is 7.12. The minimum absolute atomic E-state index is 0.353. The van der Waals surface area contributed by atoms with Crippen molar-refractivity contribution in [3.05, 3.63) is 47.3 Å². The third-order valence-electron chi connectivity index (χ3n) is 5.51. The van der Waals surface area contributed by atoms with Crippen LogP contribution in [0.4, 0.5) is 19.1 Å². The first-order valence-corrected chi connectivity index (χ1v) is 11.9. The van der Waals surface area contributed by atoms with Gasteiger partial charge in [-0.05, 0) is 43.9 Å². The van der Waals surface area contributed by atoms with Crippen molar-refractivity contribution in [1.82, 2.24) is 14.3 Å². The number of aliphatic carboxylic acids is 1. The number of halogens is 3. The maximum absolute atomic E-state index is 12.9. The van der Waals surface area contributed by atoms with Crippen LogP contribution in [-0.2, 0) is 27.7 Å². The molecular formula is C21H25F3N4O4S. The highest BCUT2D eigenvalue weighted by atomic mass is 32.2. The van der Waals surface area contributed by atoms with E-state index in [1.54, 1.807) is 28.6 Å². The fraction of sp³-hybridized carbons (Fsp3) is 0.476. The molecule has 180 valence electrons. The third kappa shape index (κ3) is 5.99. The zero-order valence-corrected chi connectivity index (χ0v) is 18.9. The molecule has 8 nitrogen and oxygen atoms in total. The van der Waals surface area contributed by atoms with E-state index in [0.717, 1.165) is 36.0 Å². The fourth-order valence-electron chi connectivity index (χ4n) is 3.79. The number of hydrogen-bond acceptors (Lipinski definition) is 6. The van der Waals surface area contributed by atoms with Gasteiger partial charge in [0.25, 0.3) is 0 Å². The molecule has 3 heterocycles. The smallest absolute Gasteiger partial charge is 0.475 e. The van der Waals surface area contributed by atoms with Crippen molar-refractivity contribution in [2.24, 2.45) is 0 Å². The predicted octanol–water partition coefficient (Wildman–Crippen LogP) is 2.81. The Morgan fingerprint density at radius 1 is 1.00 bits per heavy atom. The Kier molecular flexibility index (Phi) is 7.58. The molecular weight excluding hydrogens is 461 g/mol. The van der Waals surface area contributed by atoms with Crippen LogP contribution in [-0.4, -0.2) is 66.1 Å². The molecule has 0 spiro atoms. The van der Waals surface area contributed by atoms with Crippen molar-refractivity contribution in [2.45, 2.75) is 43.7 Å². The van der Waals surface area contributed by atoms with Crippen molar-refractivity contribution in [3.8, 4) is 0 Å². The number of sulfonamides is 1. The fourth-order valence-corrected chi connectivity index (χ4v) is 5.25. The SMILES string of the molecule is Cc1nc(N2CCCC2)nc2c1CCN(S(=O)(=O)c1ccccc1)CC2.O=C(O)C(F)(F)F. The lowest BCUT2D eigenvalue weighted by atomic mass is 10.1. The number of carbonyl (C=O) groups is 1. The van der Waals surface area contributed by atoms with E-state index < -0.39 is 22.2 Å². The van der Waals surface area contributed by atoms with Crippen LogP contribution < -0.4 is 4.90 Å². The first-order chi connectivity index (χ1) is 15.5. The summed E-state index contributed by atoms with van der Waals surface area (Å²) in [6, 6.07) is 8.67. The van der Waals surface area contributed by atoms with E-state index in [9.17, 15) is 21.6 Å². The number of alkyl halides is 3. The maximum atomic E-state index is 12.9. The topological polar surface area (TPSA) is 104 Å². The van der Waals surface area contributed by atoms with E-state index in [0.29, 0.717) is 30.8 Å². The van der Waals surface area contributed by atoms with E-state index >= 15 is 0 Å². The molecule has 1 fully saturated rings. The summed E-state index contributed by atoms with van der Waals surface area (Å²) in [4.78, 5) is 21.0. The molecule has 0 bridgehead atoms. The van der Waals surface area contributed by atoms with Gasteiger partial charge in [0, 0.05) is 38.3 Å². The maximum Gasteiger partial charge on any atom is 0.490 e. The average Bonchev–Trinajstić information content (AvgIpc) is 3.21. The quantitative estimate of drug-likeness (QED) is 0.712. The van der Waals surface area contributed by atoms with Crippen molar-refractivity contribution in [1.29, 1.82) is 0 Å². The van der Waals surface area contributed by atoms with Gasteiger partial charge in [-0.3, -0.25) is 0 Å². The van der Waals surface area contributed by atoms with Gasteiger partial charge in [-0.2, -0.15) is 17.5 Å². The highest BCUT2D eigenvalue weighted by molar-refractivity contribution is 7.89. The average molecular weight is 487 g/mol. The van der Waals surface area contributed by atoms with E-state index in [1.807, 2.05) is 13.0 Å². The highest BCUT2D eigenvalue weighted by Crippen LogP contribution is 2.25. The molecule has 0 aliphatic carbocycles. The van der Waals surface area contributed by atoms with Crippen LogP contribution in [0.2, 0.25) is 0 Å². The van der Waals surface area contributed by atoms with Crippen LogP contribution in [0.5, 0.6) is 0 Å². The van der Waals surface area contributed by atoms with Gasteiger partial charge in [0.2, 0.25) is 16.0 Å². The number of carboxylic acids is 1. The second-order valence-electron chi connectivity index (χ2n) is 7.75. The standard InChI is InChI=1S/C19H24N4O2S.C2HF3O2/c1-15-17-9-13-23(26(24,25)16-7-3-2-4-8-16)14-10-18(17)21-19(20-15)22-11-5-6-12-22;3-2(4,5)1(6)7/h2-4,7-8H,5-6,9-14H2,1H3;(H,6,7). The normalized spacial score (nSPS) is 17.0. The molecule has 0 atom stereocenters. The van der Waals surface area contributed by atoms with Crippen LogP contribution in [0, 0.1) is 6.92 Å². The van der Waals surface area contributed by atoms with E-state index in [1.165, 1.54) is 12.8 Å². The summed E-state index contributed by atoms with van der Waals surface area (Å²) in [6.45, 7) is 4.96. The van der Waals surface area contributed by atoms with Crippen LogP contribution in [0.3, 0.4) is 0 Å². The number of carboxylic acid groups (broad SMARTS) is 1. The van der Waals surface area contributed by atoms with Crippen molar-refractivity contribution >= 4 is 21.9 Å². The molecule has 0 unspecified atom stereocenters. The molecule has 2 aliphatic rings. The number of fused-ring (bicyclic) bond motifs is 1. The van der Waals surface area contributed by atoms with Crippen LogP contribution in [0.1, 0.15) is 29.8 Å². The molecule has 1 aromatic carbocycles.